The molecule has 2 atom stereocenters. The fraction of sp³-hybridized carbons (Fsp3) is 0.474. The number of nitrogens with one attached hydrogen (secondary N) is 1. The van der Waals surface area contributed by atoms with Gasteiger partial charge in [-0.3, -0.25) is 9.69 Å². The summed E-state index contributed by atoms with van der Waals surface area (Å²) in [6.45, 7) is 7.63. The smallest absolute Gasteiger partial charge is 0.341 e. The first-order valence-electron chi connectivity index (χ1n) is 8.98. The highest BCUT2D eigenvalue weighted by Gasteiger charge is 2.26. The van der Waals surface area contributed by atoms with Crippen molar-refractivity contribution in [2.24, 2.45) is 0 Å². The molecule has 1 saturated heterocycles. The van der Waals surface area contributed by atoms with Gasteiger partial charge in [-0.25, -0.2) is 4.79 Å². The zero-order valence-electron chi connectivity index (χ0n) is 15.7. The molecule has 0 radical (unpaired) electrons. The summed E-state index contributed by atoms with van der Waals surface area (Å²) in [7, 11) is 0. The van der Waals surface area contributed by atoms with Crippen LogP contribution in [0.25, 0.3) is 11.3 Å². The largest absolute Gasteiger partial charge is 0.464 e. The number of anilines is 1. The maximum absolute atomic E-state index is 12.6. The van der Waals surface area contributed by atoms with E-state index in [-0.39, 0.29) is 31.3 Å². The van der Waals surface area contributed by atoms with E-state index in [2.05, 4.69) is 10.2 Å². The zero-order valence-corrected chi connectivity index (χ0v) is 16.5. The van der Waals surface area contributed by atoms with E-state index < -0.39 is 5.97 Å². The highest BCUT2D eigenvalue weighted by molar-refractivity contribution is 7.15. The molecule has 27 heavy (non-hydrogen) atoms. The zero-order chi connectivity index (χ0) is 19.4. The second-order valence-electron chi connectivity index (χ2n) is 6.55. The number of carbonyl (C=O) groups excluding carboxylic acids is 2. The molecule has 1 aliphatic rings. The fourth-order valence-corrected chi connectivity index (χ4v) is 4.21. The van der Waals surface area contributed by atoms with Gasteiger partial charge in [0, 0.05) is 24.0 Å². The Kier molecular flexibility index (Phi) is 6.30. The Morgan fingerprint density at radius 1 is 1.33 bits per heavy atom. The van der Waals surface area contributed by atoms with Gasteiger partial charge in [0.25, 0.3) is 0 Å². The summed E-state index contributed by atoms with van der Waals surface area (Å²) in [6, 6.07) is 3.52. The van der Waals surface area contributed by atoms with Crippen LogP contribution >= 0.6 is 11.3 Å². The molecule has 0 aliphatic carbocycles. The van der Waals surface area contributed by atoms with Crippen molar-refractivity contribution in [3.8, 4) is 11.3 Å². The molecular formula is C19H24N2O5S. The molecule has 8 heteroatoms. The third kappa shape index (κ3) is 4.77. The number of morpholine rings is 1. The first kappa shape index (κ1) is 19.6. The first-order valence-corrected chi connectivity index (χ1v) is 9.86. The van der Waals surface area contributed by atoms with E-state index in [0.717, 1.165) is 0 Å². The monoisotopic (exact) mass is 392 g/mol. The average molecular weight is 392 g/mol. The van der Waals surface area contributed by atoms with Gasteiger partial charge in [0.1, 0.15) is 16.3 Å². The molecule has 1 aliphatic heterocycles. The molecule has 146 valence electrons. The van der Waals surface area contributed by atoms with E-state index >= 15 is 0 Å². The lowest BCUT2D eigenvalue weighted by molar-refractivity contribution is -0.121. The summed E-state index contributed by atoms with van der Waals surface area (Å²) in [5, 5.41) is 5.13. The molecule has 1 amide bonds. The van der Waals surface area contributed by atoms with Crippen LogP contribution < -0.4 is 5.32 Å². The van der Waals surface area contributed by atoms with Crippen LogP contribution in [-0.2, 0) is 14.3 Å². The Morgan fingerprint density at radius 3 is 2.70 bits per heavy atom. The predicted molar refractivity (Wildman–Crippen MR) is 103 cm³/mol. The number of hydrogen-bond acceptors (Lipinski definition) is 7. The summed E-state index contributed by atoms with van der Waals surface area (Å²) in [4.78, 5) is 27.1. The molecule has 2 unspecified atom stereocenters. The maximum Gasteiger partial charge on any atom is 0.341 e. The Hall–Kier alpha value is -2.16. The lowest BCUT2D eigenvalue weighted by Gasteiger charge is -2.34. The molecule has 1 fully saturated rings. The normalized spacial score (nSPS) is 20.4. The van der Waals surface area contributed by atoms with Gasteiger partial charge in [-0.2, -0.15) is 0 Å². The minimum Gasteiger partial charge on any atom is -0.464 e. The van der Waals surface area contributed by atoms with Crippen molar-refractivity contribution < 1.29 is 23.5 Å². The highest BCUT2D eigenvalue weighted by atomic mass is 32.1. The van der Waals surface area contributed by atoms with Crippen molar-refractivity contribution in [1.82, 2.24) is 4.90 Å². The first-order chi connectivity index (χ1) is 13.0. The lowest BCUT2D eigenvalue weighted by Crippen LogP contribution is -2.48. The van der Waals surface area contributed by atoms with Crippen LogP contribution in [0, 0.1) is 0 Å². The minimum absolute atomic E-state index is 0.0870. The van der Waals surface area contributed by atoms with Gasteiger partial charge in [-0.15, -0.1) is 11.3 Å². The number of ether oxygens (including phenoxy) is 2. The molecule has 0 saturated carbocycles. The molecule has 2 aromatic rings. The SMILES string of the molecule is CCOC(=O)c1c(-c2ccco2)csc1NC(=O)CN1CC(C)OC(C)C1. The van der Waals surface area contributed by atoms with E-state index in [1.165, 1.54) is 11.3 Å². The molecule has 2 aromatic heterocycles. The molecule has 3 heterocycles. The Bertz CT molecular complexity index is 776. The summed E-state index contributed by atoms with van der Waals surface area (Å²) in [6.07, 6.45) is 1.72. The minimum atomic E-state index is -0.478. The van der Waals surface area contributed by atoms with Crippen molar-refractivity contribution in [1.29, 1.82) is 0 Å². The third-order valence-electron chi connectivity index (χ3n) is 4.17. The quantitative estimate of drug-likeness (QED) is 0.760. The molecule has 0 spiro atoms. The number of amides is 1. The van der Waals surface area contributed by atoms with Crippen molar-refractivity contribution in [3.63, 3.8) is 0 Å². The van der Waals surface area contributed by atoms with Crippen molar-refractivity contribution >= 4 is 28.2 Å². The maximum atomic E-state index is 12.6. The Balaban J connectivity index is 1.76. The fourth-order valence-electron chi connectivity index (χ4n) is 3.25. The number of esters is 1. The van der Waals surface area contributed by atoms with Crippen LogP contribution in [0.3, 0.4) is 0 Å². The third-order valence-corrected chi connectivity index (χ3v) is 5.07. The Morgan fingerprint density at radius 2 is 2.07 bits per heavy atom. The predicted octanol–water partition coefficient (Wildman–Crippen LogP) is 3.23. The van der Waals surface area contributed by atoms with Crippen LogP contribution in [0.15, 0.2) is 28.2 Å². The standard InChI is InChI=1S/C19H24N2O5S/c1-4-24-19(23)17-14(15-6-5-7-25-15)11-27-18(17)20-16(22)10-21-8-12(2)26-13(3)9-21/h5-7,11-13H,4,8-10H2,1-3H3,(H,20,22). The van der Waals surface area contributed by atoms with Gasteiger partial charge in [-0.05, 0) is 32.9 Å². The van der Waals surface area contributed by atoms with Crippen LogP contribution in [-0.4, -0.2) is 55.2 Å². The number of hydrogen-bond donors (Lipinski definition) is 1. The second-order valence-corrected chi connectivity index (χ2v) is 7.43. The summed E-state index contributed by atoms with van der Waals surface area (Å²) < 4.78 is 16.3. The molecule has 0 aromatic carbocycles. The topological polar surface area (TPSA) is 81.0 Å². The highest BCUT2D eigenvalue weighted by Crippen LogP contribution is 2.36. The van der Waals surface area contributed by atoms with Crippen LogP contribution in [0.4, 0.5) is 5.00 Å². The molecule has 3 rings (SSSR count). The van der Waals surface area contributed by atoms with Crippen molar-refractivity contribution in [2.45, 2.75) is 33.0 Å². The number of furan rings is 1. The lowest BCUT2D eigenvalue weighted by atomic mass is 10.1. The summed E-state index contributed by atoms with van der Waals surface area (Å²) in [5.74, 6) is -0.0885. The van der Waals surface area contributed by atoms with Gasteiger partial charge in [-0.1, -0.05) is 0 Å². The van der Waals surface area contributed by atoms with Crippen LogP contribution in [0.1, 0.15) is 31.1 Å². The molecule has 1 N–H and O–H groups in total. The average Bonchev–Trinajstić information content (AvgIpc) is 3.23. The van der Waals surface area contributed by atoms with Gasteiger partial charge in [0.2, 0.25) is 5.91 Å². The van der Waals surface area contributed by atoms with E-state index in [4.69, 9.17) is 13.9 Å². The number of nitrogens with zero attached hydrogens (tertiary/aromatic N) is 1. The summed E-state index contributed by atoms with van der Waals surface area (Å²) in [5.41, 5.74) is 0.946. The molecule has 7 nitrogen and oxygen atoms in total. The number of thiophene rings is 1. The van der Waals surface area contributed by atoms with Gasteiger partial charge >= 0.3 is 5.97 Å². The van der Waals surface area contributed by atoms with E-state index in [1.807, 2.05) is 13.8 Å². The van der Waals surface area contributed by atoms with E-state index in [0.29, 0.717) is 35.0 Å². The van der Waals surface area contributed by atoms with Gasteiger partial charge in [0.15, 0.2) is 0 Å². The van der Waals surface area contributed by atoms with Crippen LogP contribution in [0.5, 0.6) is 0 Å². The van der Waals surface area contributed by atoms with Crippen molar-refractivity contribution in [3.05, 3.63) is 29.3 Å². The number of rotatable bonds is 6. The van der Waals surface area contributed by atoms with E-state index in [9.17, 15) is 9.59 Å². The Labute approximate surface area is 162 Å². The second kappa shape index (κ2) is 8.69. The van der Waals surface area contributed by atoms with Crippen LogP contribution in [0.2, 0.25) is 0 Å². The van der Waals surface area contributed by atoms with Gasteiger partial charge < -0.3 is 19.2 Å². The number of carbonyl (C=O) groups is 2. The molecule has 0 bridgehead atoms. The van der Waals surface area contributed by atoms with Crippen molar-refractivity contribution in [2.75, 3.05) is 31.6 Å². The van der Waals surface area contributed by atoms with E-state index in [1.54, 1.807) is 30.7 Å². The molecular weight excluding hydrogens is 368 g/mol. The van der Waals surface area contributed by atoms with Gasteiger partial charge in [0.05, 0.1) is 31.6 Å². The summed E-state index contributed by atoms with van der Waals surface area (Å²) >= 11 is 1.28.